The van der Waals surface area contributed by atoms with E-state index in [1.807, 2.05) is 6.20 Å². The molecule has 1 aliphatic heterocycles. The maximum Gasteiger partial charge on any atom is 0.208 e. The Morgan fingerprint density at radius 1 is 1.62 bits per heavy atom. The van der Waals surface area contributed by atoms with Crippen LogP contribution in [0, 0.1) is 0 Å². The number of piperidine rings is 1. The zero-order valence-corrected chi connectivity index (χ0v) is 10.2. The Hall–Kier alpha value is -0.870. The Balaban J connectivity index is 1.78. The average Bonchev–Trinajstić information content (AvgIpc) is 2.74. The van der Waals surface area contributed by atoms with Crippen molar-refractivity contribution < 1.29 is 4.42 Å². The Kier molecular flexibility index (Phi) is 3.96. The van der Waals surface area contributed by atoms with E-state index in [2.05, 4.69) is 29.2 Å². The van der Waals surface area contributed by atoms with Crippen molar-refractivity contribution in [1.29, 1.82) is 0 Å². The number of nitrogens with one attached hydrogen (secondary N) is 1. The molecule has 1 atom stereocenters. The molecule has 1 aliphatic rings. The lowest BCUT2D eigenvalue weighted by Gasteiger charge is -2.29. The summed E-state index contributed by atoms with van der Waals surface area (Å²) in [6.45, 7) is 5.17. The van der Waals surface area contributed by atoms with Gasteiger partial charge in [-0.1, -0.05) is 6.92 Å². The molecule has 1 unspecified atom stereocenters. The summed E-state index contributed by atoms with van der Waals surface area (Å²) >= 11 is 0. The largest absolute Gasteiger partial charge is 0.444 e. The molecule has 0 aromatic carbocycles. The zero-order valence-electron chi connectivity index (χ0n) is 10.2. The number of nitrogens with zero attached hydrogens (tertiary/aromatic N) is 2. The van der Waals surface area contributed by atoms with Gasteiger partial charge in [0.15, 0.2) is 0 Å². The summed E-state index contributed by atoms with van der Waals surface area (Å²) in [5.74, 6) is 1.78. The van der Waals surface area contributed by atoms with Crippen LogP contribution >= 0.6 is 0 Å². The van der Waals surface area contributed by atoms with Crippen molar-refractivity contribution in [2.75, 3.05) is 20.1 Å². The minimum absolute atomic E-state index is 0.579. The predicted molar refractivity (Wildman–Crippen MR) is 63.2 cm³/mol. The second-order valence-electron chi connectivity index (χ2n) is 4.56. The van der Waals surface area contributed by atoms with Gasteiger partial charge >= 0.3 is 0 Å². The first-order valence-corrected chi connectivity index (χ1v) is 6.13. The molecule has 1 N–H and O–H groups in total. The number of hydrogen-bond acceptors (Lipinski definition) is 4. The number of oxazole rings is 1. The SMILES string of the molecule is CCc1cnc(CNC2CCCN(C)C2)o1. The normalized spacial score (nSPS) is 22.5. The van der Waals surface area contributed by atoms with E-state index < -0.39 is 0 Å². The van der Waals surface area contributed by atoms with Crippen LogP contribution in [0.3, 0.4) is 0 Å². The van der Waals surface area contributed by atoms with Gasteiger partial charge in [-0.2, -0.15) is 0 Å². The molecule has 4 nitrogen and oxygen atoms in total. The van der Waals surface area contributed by atoms with E-state index in [1.165, 1.54) is 19.4 Å². The Morgan fingerprint density at radius 3 is 3.19 bits per heavy atom. The predicted octanol–water partition coefficient (Wildman–Crippen LogP) is 1.42. The van der Waals surface area contributed by atoms with Gasteiger partial charge in [0, 0.05) is 19.0 Å². The van der Waals surface area contributed by atoms with Gasteiger partial charge in [-0.3, -0.25) is 0 Å². The minimum Gasteiger partial charge on any atom is -0.444 e. The standard InChI is InChI=1S/C12H21N3O/c1-3-11-7-14-12(16-11)8-13-10-5-4-6-15(2)9-10/h7,10,13H,3-6,8-9H2,1-2H3. The summed E-state index contributed by atoms with van der Waals surface area (Å²) in [4.78, 5) is 6.62. The summed E-state index contributed by atoms with van der Waals surface area (Å²) in [6.07, 6.45) is 5.27. The van der Waals surface area contributed by atoms with Crippen LogP contribution in [-0.2, 0) is 13.0 Å². The van der Waals surface area contributed by atoms with Gasteiger partial charge in [0.05, 0.1) is 12.7 Å². The molecular weight excluding hydrogens is 202 g/mol. The summed E-state index contributed by atoms with van der Waals surface area (Å²) in [5, 5.41) is 3.51. The molecule has 2 rings (SSSR count). The number of likely N-dealkylation sites (N-methyl/N-ethyl adjacent to an activating group) is 1. The molecule has 1 aromatic heterocycles. The van der Waals surface area contributed by atoms with Crippen molar-refractivity contribution in [3.8, 4) is 0 Å². The molecule has 0 amide bonds. The molecule has 1 saturated heterocycles. The Labute approximate surface area is 97.0 Å². The maximum absolute atomic E-state index is 5.56. The number of rotatable bonds is 4. The van der Waals surface area contributed by atoms with E-state index in [-0.39, 0.29) is 0 Å². The summed E-state index contributed by atoms with van der Waals surface area (Å²) in [7, 11) is 2.17. The zero-order chi connectivity index (χ0) is 11.4. The monoisotopic (exact) mass is 223 g/mol. The second kappa shape index (κ2) is 5.46. The van der Waals surface area contributed by atoms with E-state index in [4.69, 9.17) is 4.42 Å². The molecule has 90 valence electrons. The van der Waals surface area contributed by atoms with E-state index >= 15 is 0 Å². The van der Waals surface area contributed by atoms with Gasteiger partial charge < -0.3 is 14.6 Å². The van der Waals surface area contributed by atoms with Crippen molar-refractivity contribution in [1.82, 2.24) is 15.2 Å². The molecule has 0 aliphatic carbocycles. The highest BCUT2D eigenvalue weighted by Gasteiger charge is 2.16. The van der Waals surface area contributed by atoms with Gasteiger partial charge in [0.1, 0.15) is 5.76 Å². The Bertz CT molecular complexity index is 324. The molecule has 2 heterocycles. The molecule has 0 radical (unpaired) electrons. The highest BCUT2D eigenvalue weighted by Crippen LogP contribution is 2.09. The Morgan fingerprint density at radius 2 is 2.50 bits per heavy atom. The number of aryl methyl sites for hydroxylation is 1. The third kappa shape index (κ3) is 3.06. The fourth-order valence-electron chi connectivity index (χ4n) is 2.16. The van der Waals surface area contributed by atoms with Gasteiger partial charge in [-0.15, -0.1) is 0 Å². The summed E-state index contributed by atoms with van der Waals surface area (Å²) in [5.41, 5.74) is 0. The first-order valence-electron chi connectivity index (χ1n) is 6.13. The van der Waals surface area contributed by atoms with Crippen LogP contribution in [0.25, 0.3) is 0 Å². The molecule has 0 spiro atoms. The molecule has 0 saturated carbocycles. The van der Waals surface area contributed by atoms with E-state index in [1.54, 1.807) is 0 Å². The molecule has 0 bridgehead atoms. The smallest absolute Gasteiger partial charge is 0.208 e. The molecule has 1 fully saturated rings. The van der Waals surface area contributed by atoms with Crippen LogP contribution in [0.4, 0.5) is 0 Å². The van der Waals surface area contributed by atoms with Gasteiger partial charge in [-0.25, -0.2) is 4.98 Å². The van der Waals surface area contributed by atoms with Gasteiger partial charge in [0.25, 0.3) is 0 Å². The van der Waals surface area contributed by atoms with Crippen molar-refractivity contribution in [3.05, 3.63) is 17.8 Å². The highest BCUT2D eigenvalue weighted by atomic mass is 16.4. The quantitative estimate of drug-likeness (QED) is 0.838. The van der Waals surface area contributed by atoms with Crippen LogP contribution in [0.15, 0.2) is 10.6 Å². The average molecular weight is 223 g/mol. The van der Waals surface area contributed by atoms with Crippen LogP contribution in [-0.4, -0.2) is 36.1 Å². The fourth-order valence-corrected chi connectivity index (χ4v) is 2.16. The third-order valence-electron chi connectivity index (χ3n) is 3.12. The number of aromatic nitrogens is 1. The molecule has 4 heteroatoms. The van der Waals surface area contributed by atoms with E-state index in [0.717, 1.165) is 31.2 Å². The van der Waals surface area contributed by atoms with Crippen LogP contribution in [0.1, 0.15) is 31.4 Å². The molecule has 1 aromatic rings. The van der Waals surface area contributed by atoms with Crippen molar-refractivity contribution in [2.24, 2.45) is 0 Å². The van der Waals surface area contributed by atoms with Crippen LogP contribution in [0.5, 0.6) is 0 Å². The van der Waals surface area contributed by atoms with Crippen molar-refractivity contribution >= 4 is 0 Å². The first kappa shape index (κ1) is 11.6. The van der Waals surface area contributed by atoms with E-state index in [9.17, 15) is 0 Å². The molecule has 16 heavy (non-hydrogen) atoms. The second-order valence-corrected chi connectivity index (χ2v) is 4.56. The van der Waals surface area contributed by atoms with Crippen molar-refractivity contribution in [2.45, 2.75) is 38.8 Å². The van der Waals surface area contributed by atoms with Gasteiger partial charge in [0.2, 0.25) is 5.89 Å². The fraction of sp³-hybridized carbons (Fsp3) is 0.750. The van der Waals surface area contributed by atoms with Crippen LogP contribution in [0.2, 0.25) is 0 Å². The van der Waals surface area contributed by atoms with Crippen molar-refractivity contribution in [3.63, 3.8) is 0 Å². The first-order chi connectivity index (χ1) is 7.78. The van der Waals surface area contributed by atoms with Gasteiger partial charge in [-0.05, 0) is 26.4 Å². The summed E-state index contributed by atoms with van der Waals surface area (Å²) < 4.78 is 5.56. The highest BCUT2D eigenvalue weighted by molar-refractivity contribution is 4.93. The number of hydrogen-bond donors (Lipinski definition) is 1. The third-order valence-corrected chi connectivity index (χ3v) is 3.12. The maximum atomic E-state index is 5.56. The minimum atomic E-state index is 0.579. The lowest BCUT2D eigenvalue weighted by molar-refractivity contribution is 0.223. The molecular formula is C12H21N3O. The van der Waals surface area contributed by atoms with E-state index in [0.29, 0.717) is 6.04 Å². The lowest BCUT2D eigenvalue weighted by Crippen LogP contribution is -2.43. The number of likely N-dealkylation sites (tertiary alicyclic amines) is 1. The van der Waals surface area contributed by atoms with Crippen LogP contribution < -0.4 is 5.32 Å². The summed E-state index contributed by atoms with van der Waals surface area (Å²) in [6, 6.07) is 0.579. The lowest BCUT2D eigenvalue weighted by atomic mass is 10.1. The topological polar surface area (TPSA) is 41.3 Å².